The van der Waals surface area contributed by atoms with Gasteiger partial charge in [0.05, 0.1) is 25.4 Å². The Morgan fingerprint density at radius 1 is 0.370 bits per heavy atom. The number of carbonyl (C=O) groups excluding carboxylic acids is 1. The Morgan fingerprint density at radius 3 is 0.935 bits per heavy atom. The van der Waals surface area contributed by atoms with Crippen molar-refractivity contribution in [1.29, 1.82) is 0 Å². The Morgan fingerprint density at radius 2 is 0.641 bits per heavy atom. The molecule has 11 nitrogen and oxygen atoms in total. The molecule has 92 heavy (non-hydrogen) atoms. The smallest absolute Gasteiger partial charge is 0.249 e. The van der Waals surface area contributed by atoms with Gasteiger partial charge in [0.2, 0.25) is 5.91 Å². The number of hydrogen-bond acceptors (Lipinski definition) is 10. The molecule has 0 aromatic heterocycles. The molecule has 1 amide bonds. The van der Waals surface area contributed by atoms with Crippen molar-refractivity contribution in [2.24, 2.45) is 0 Å². The SMILES string of the molecule is CCCCCCCCCCCCCCCCCC/C=C\CCCCCCCCCCCCCCCCCCC(O)C(=O)NC(COC1OC(CO)C(O)C(O)C1O)C(O)C(O)CCC/C=C/CCCCCCCCCCCCCCCCCCCCCCCCCC. The molecule has 9 atom stereocenters. The average molecular weight is 1310 g/mol. The number of aliphatic hydroxyl groups excluding tert-OH is 7. The predicted molar refractivity (Wildman–Crippen MR) is 390 cm³/mol. The predicted octanol–water partition coefficient (Wildman–Crippen LogP) is 21.1. The highest BCUT2D eigenvalue weighted by atomic mass is 16.7. The Kier molecular flexibility index (Phi) is 66.9. The van der Waals surface area contributed by atoms with Gasteiger partial charge >= 0.3 is 0 Å². The Balaban J connectivity index is 2.13. The molecular weight excluding hydrogens is 1150 g/mol. The van der Waals surface area contributed by atoms with Crippen molar-refractivity contribution in [2.45, 2.75) is 473 Å². The number of ether oxygens (including phenoxy) is 2. The molecule has 1 aliphatic rings. The van der Waals surface area contributed by atoms with Crippen molar-refractivity contribution in [1.82, 2.24) is 5.32 Å². The fourth-order valence-electron chi connectivity index (χ4n) is 13.5. The Hall–Kier alpha value is -1.41. The molecule has 1 rings (SSSR count). The van der Waals surface area contributed by atoms with Gasteiger partial charge in [0, 0.05) is 0 Å². The van der Waals surface area contributed by atoms with Crippen LogP contribution in [-0.2, 0) is 14.3 Å². The van der Waals surface area contributed by atoms with E-state index in [1.165, 1.54) is 340 Å². The summed E-state index contributed by atoms with van der Waals surface area (Å²) < 4.78 is 11.2. The fraction of sp³-hybridized carbons (Fsp3) is 0.938. The second-order valence-electron chi connectivity index (χ2n) is 28.8. The minimum absolute atomic E-state index is 0.258. The normalized spacial score (nSPS) is 18.4. The number of carbonyl (C=O) groups is 1. The molecule has 0 saturated carbocycles. The zero-order chi connectivity index (χ0) is 66.7. The van der Waals surface area contributed by atoms with Crippen LogP contribution in [0.2, 0.25) is 0 Å². The molecular formula is C81H157NO10. The molecule has 0 aromatic rings. The molecule has 0 radical (unpaired) electrons. The summed E-state index contributed by atoms with van der Waals surface area (Å²) >= 11 is 0. The number of amides is 1. The first-order valence-electron chi connectivity index (χ1n) is 40.7. The molecule has 9 unspecified atom stereocenters. The number of allylic oxidation sites excluding steroid dienone is 4. The van der Waals surface area contributed by atoms with Crippen LogP contribution < -0.4 is 5.32 Å². The maximum absolute atomic E-state index is 13.3. The van der Waals surface area contributed by atoms with E-state index in [0.717, 1.165) is 38.5 Å². The highest BCUT2D eigenvalue weighted by molar-refractivity contribution is 5.80. The van der Waals surface area contributed by atoms with Gasteiger partial charge in [-0.2, -0.15) is 0 Å². The van der Waals surface area contributed by atoms with Gasteiger partial charge < -0.3 is 50.5 Å². The number of nitrogens with one attached hydrogen (secondary N) is 1. The van der Waals surface area contributed by atoms with Gasteiger partial charge in [0.25, 0.3) is 0 Å². The fourth-order valence-corrected chi connectivity index (χ4v) is 13.5. The van der Waals surface area contributed by atoms with Gasteiger partial charge in [0.1, 0.15) is 36.6 Å². The third kappa shape index (κ3) is 55.6. The molecule has 0 spiro atoms. The van der Waals surface area contributed by atoms with Crippen molar-refractivity contribution in [3.8, 4) is 0 Å². The zero-order valence-corrected chi connectivity index (χ0v) is 60.8. The molecule has 0 aromatic carbocycles. The topological polar surface area (TPSA) is 189 Å². The van der Waals surface area contributed by atoms with Crippen molar-refractivity contribution in [3.05, 3.63) is 24.3 Å². The van der Waals surface area contributed by atoms with Crippen molar-refractivity contribution in [2.75, 3.05) is 13.2 Å². The van der Waals surface area contributed by atoms with Crippen LogP contribution in [0, 0.1) is 0 Å². The summed E-state index contributed by atoms with van der Waals surface area (Å²) in [5.41, 5.74) is 0. The molecule has 1 heterocycles. The van der Waals surface area contributed by atoms with Crippen LogP contribution in [0.5, 0.6) is 0 Å². The van der Waals surface area contributed by atoms with Crippen LogP contribution in [0.4, 0.5) is 0 Å². The first kappa shape index (κ1) is 88.6. The van der Waals surface area contributed by atoms with Gasteiger partial charge in [0.15, 0.2) is 6.29 Å². The van der Waals surface area contributed by atoms with Gasteiger partial charge in [-0.25, -0.2) is 0 Å². The van der Waals surface area contributed by atoms with E-state index in [1.54, 1.807) is 0 Å². The van der Waals surface area contributed by atoms with Crippen LogP contribution >= 0.6 is 0 Å². The van der Waals surface area contributed by atoms with Gasteiger partial charge in [-0.3, -0.25) is 4.79 Å². The maximum Gasteiger partial charge on any atom is 0.249 e. The molecule has 11 heteroatoms. The summed E-state index contributed by atoms with van der Waals surface area (Å²) in [5, 5.41) is 76.7. The molecule has 1 aliphatic heterocycles. The minimum Gasteiger partial charge on any atom is -0.394 e. The quantitative estimate of drug-likeness (QED) is 0.0215. The second kappa shape index (κ2) is 69.5. The van der Waals surface area contributed by atoms with E-state index >= 15 is 0 Å². The summed E-state index contributed by atoms with van der Waals surface area (Å²) in [5.74, 6) is -0.698. The number of hydrogen-bond donors (Lipinski definition) is 8. The minimum atomic E-state index is -1.67. The first-order valence-corrected chi connectivity index (χ1v) is 40.7. The molecule has 546 valence electrons. The van der Waals surface area contributed by atoms with E-state index < -0.39 is 74.2 Å². The summed E-state index contributed by atoms with van der Waals surface area (Å²) in [7, 11) is 0. The van der Waals surface area contributed by atoms with E-state index in [4.69, 9.17) is 9.47 Å². The van der Waals surface area contributed by atoms with Gasteiger partial charge in [-0.15, -0.1) is 0 Å². The van der Waals surface area contributed by atoms with Crippen LogP contribution in [0.25, 0.3) is 0 Å². The maximum atomic E-state index is 13.3. The zero-order valence-electron chi connectivity index (χ0n) is 60.8. The summed E-state index contributed by atoms with van der Waals surface area (Å²) in [6, 6.07) is -1.19. The van der Waals surface area contributed by atoms with E-state index in [2.05, 4.69) is 43.5 Å². The Labute approximate surface area is 569 Å². The van der Waals surface area contributed by atoms with E-state index in [9.17, 15) is 40.5 Å². The molecule has 1 saturated heterocycles. The third-order valence-corrected chi connectivity index (χ3v) is 20.0. The third-order valence-electron chi connectivity index (χ3n) is 20.0. The summed E-state index contributed by atoms with van der Waals surface area (Å²) in [4.78, 5) is 13.3. The highest BCUT2D eigenvalue weighted by Crippen LogP contribution is 2.24. The average Bonchev–Trinajstić information content (AvgIpc) is 0.946. The lowest BCUT2D eigenvalue weighted by molar-refractivity contribution is -0.303. The van der Waals surface area contributed by atoms with E-state index in [0.29, 0.717) is 12.8 Å². The van der Waals surface area contributed by atoms with Gasteiger partial charge in [-0.1, -0.05) is 378 Å². The van der Waals surface area contributed by atoms with Crippen molar-refractivity contribution in [3.63, 3.8) is 0 Å². The standard InChI is InChI=1S/C81H157NO10/c1-3-5-7-9-11-13-15-17-19-21-23-25-27-29-31-33-34-35-36-37-38-39-41-43-45-47-49-51-53-55-57-59-61-63-65-67-69-74(85)80(90)82-72(71-91-81-79(89)78(88)77(87)75(70-83)92-81)76(86)73(84)68-66-64-62-60-58-56-54-52-50-48-46-44-42-40-32-30-28-26-24-22-20-18-16-14-12-10-8-6-4-2/h35-36,60,62,72-79,81,83-89H,3-34,37-59,61,63-71H2,1-2H3,(H,82,90)/b36-35-,62-60+. The molecule has 0 bridgehead atoms. The summed E-state index contributed by atoms with van der Waals surface area (Å²) in [6.07, 6.45) is 78.8. The lowest BCUT2D eigenvalue weighted by Crippen LogP contribution is -2.60. The molecule has 8 N–H and O–H groups in total. The lowest BCUT2D eigenvalue weighted by Gasteiger charge is -2.40. The second-order valence-corrected chi connectivity index (χ2v) is 28.8. The number of aliphatic hydroxyl groups is 7. The lowest BCUT2D eigenvalue weighted by atomic mass is 9.98. The van der Waals surface area contributed by atoms with Crippen molar-refractivity contribution < 1.29 is 50.0 Å². The monoisotopic (exact) mass is 1300 g/mol. The van der Waals surface area contributed by atoms with E-state index in [-0.39, 0.29) is 12.8 Å². The largest absolute Gasteiger partial charge is 0.394 e. The molecule has 0 aliphatic carbocycles. The van der Waals surface area contributed by atoms with Crippen LogP contribution in [-0.4, -0.2) is 110 Å². The number of unbranched alkanes of at least 4 members (excludes halogenated alkanes) is 57. The van der Waals surface area contributed by atoms with Crippen LogP contribution in [0.3, 0.4) is 0 Å². The van der Waals surface area contributed by atoms with Gasteiger partial charge in [-0.05, 0) is 64.2 Å². The highest BCUT2D eigenvalue weighted by Gasteiger charge is 2.44. The first-order chi connectivity index (χ1) is 45.2. The van der Waals surface area contributed by atoms with Crippen LogP contribution in [0.1, 0.15) is 418 Å². The van der Waals surface area contributed by atoms with Crippen molar-refractivity contribution >= 4 is 5.91 Å². The summed E-state index contributed by atoms with van der Waals surface area (Å²) in [6.45, 7) is 3.52. The number of rotatable bonds is 73. The Bertz CT molecular complexity index is 1550. The molecule has 1 fully saturated rings. The van der Waals surface area contributed by atoms with Crippen LogP contribution in [0.15, 0.2) is 24.3 Å². The van der Waals surface area contributed by atoms with E-state index in [1.807, 2.05) is 0 Å².